The average molecular weight is 486 g/mol. The van der Waals surface area contributed by atoms with Crippen molar-refractivity contribution in [2.45, 2.75) is 19.5 Å². The second-order valence-electron chi connectivity index (χ2n) is 8.49. The molecule has 3 aromatic carbocycles. The minimum absolute atomic E-state index is 0.195. The first-order valence-corrected chi connectivity index (χ1v) is 12.4. The monoisotopic (exact) mass is 485 g/mol. The minimum atomic E-state index is -0.606. The third kappa shape index (κ3) is 4.21. The van der Waals surface area contributed by atoms with E-state index in [1.54, 1.807) is 18.2 Å². The first kappa shape index (κ1) is 22.9. The third-order valence-corrected chi connectivity index (χ3v) is 7.26. The average Bonchev–Trinajstić information content (AvgIpc) is 3.46. The molecule has 5 rings (SSSR count). The van der Waals surface area contributed by atoms with Gasteiger partial charge in [0.2, 0.25) is 5.91 Å². The van der Waals surface area contributed by atoms with Gasteiger partial charge in [-0.25, -0.2) is 4.90 Å². The van der Waals surface area contributed by atoms with Crippen LogP contribution in [0.2, 0.25) is 0 Å². The molecule has 1 N–H and O–H groups in total. The zero-order chi connectivity index (χ0) is 24.5. The van der Waals surface area contributed by atoms with E-state index in [2.05, 4.69) is 5.32 Å². The Labute approximate surface area is 207 Å². The SMILES string of the molecule is Cc1ccccc1N1C(=O)c2ccc(C(=O)N3CSC[C@@H]3C(=O)NCc3ccccc3)cc2C1=O. The van der Waals surface area contributed by atoms with Crippen LogP contribution in [0.5, 0.6) is 0 Å². The van der Waals surface area contributed by atoms with Crippen LogP contribution in [0.25, 0.3) is 0 Å². The molecule has 35 heavy (non-hydrogen) atoms. The number of carbonyl (C=O) groups excluding carboxylic acids is 4. The minimum Gasteiger partial charge on any atom is -0.350 e. The van der Waals surface area contributed by atoms with Crippen molar-refractivity contribution in [2.24, 2.45) is 0 Å². The number of para-hydroxylation sites is 1. The van der Waals surface area contributed by atoms with Gasteiger partial charge in [0.25, 0.3) is 17.7 Å². The van der Waals surface area contributed by atoms with Gasteiger partial charge in [-0.1, -0.05) is 48.5 Å². The molecule has 2 aliphatic rings. The molecule has 1 atom stereocenters. The number of anilines is 1. The van der Waals surface area contributed by atoms with Gasteiger partial charge in [0.1, 0.15) is 6.04 Å². The highest BCUT2D eigenvalue weighted by molar-refractivity contribution is 7.99. The van der Waals surface area contributed by atoms with Gasteiger partial charge >= 0.3 is 0 Å². The summed E-state index contributed by atoms with van der Waals surface area (Å²) in [5.74, 6) is -0.551. The summed E-state index contributed by atoms with van der Waals surface area (Å²) in [6.07, 6.45) is 0. The van der Waals surface area contributed by atoms with Gasteiger partial charge in [-0.3, -0.25) is 19.2 Å². The van der Waals surface area contributed by atoms with E-state index in [1.165, 1.54) is 28.8 Å². The molecule has 7 nitrogen and oxygen atoms in total. The number of nitrogens with zero attached hydrogens (tertiary/aromatic N) is 2. The molecule has 4 amide bonds. The van der Waals surface area contributed by atoms with Crippen molar-refractivity contribution in [3.05, 3.63) is 101 Å². The van der Waals surface area contributed by atoms with Gasteiger partial charge in [0, 0.05) is 17.9 Å². The summed E-state index contributed by atoms with van der Waals surface area (Å²) >= 11 is 1.50. The van der Waals surface area contributed by atoms with Crippen LogP contribution in [-0.2, 0) is 11.3 Å². The Morgan fingerprint density at radius 1 is 0.943 bits per heavy atom. The van der Waals surface area contributed by atoms with Crippen molar-refractivity contribution in [1.82, 2.24) is 10.2 Å². The lowest BCUT2D eigenvalue weighted by Crippen LogP contribution is -2.47. The van der Waals surface area contributed by atoms with E-state index in [0.717, 1.165) is 16.0 Å². The Morgan fingerprint density at radius 3 is 2.43 bits per heavy atom. The number of fused-ring (bicyclic) bond motifs is 1. The molecule has 0 aliphatic carbocycles. The number of benzene rings is 3. The highest BCUT2D eigenvalue weighted by atomic mass is 32.2. The number of thioether (sulfide) groups is 1. The molecule has 0 radical (unpaired) electrons. The number of rotatable bonds is 5. The summed E-state index contributed by atoms with van der Waals surface area (Å²) in [6.45, 7) is 2.22. The Morgan fingerprint density at radius 2 is 1.66 bits per heavy atom. The molecule has 3 aromatic rings. The molecule has 0 saturated carbocycles. The molecule has 0 bridgehead atoms. The zero-order valence-electron chi connectivity index (χ0n) is 19.1. The molecule has 1 saturated heterocycles. The summed E-state index contributed by atoms with van der Waals surface area (Å²) in [5.41, 5.74) is 3.04. The molecule has 8 heteroatoms. The lowest BCUT2D eigenvalue weighted by Gasteiger charge is -2.23. The Kier molecular flexibility index (Phi) is 6.13. The van der Waals surface area contributed by atoms with Crippen molar-refractivity contribution >= 4 is 41.1 Å². The quantitative estimate of drug-likeness (QED) is 0.558. The van der Waals surface area contributed by atoms with Crippen LogP contribution in [-0.4, -0.2) is 46.2 Å². The predicted octanol–water partition coefficient (Wildman–Crippen LogP) is 3.63. The number of hydrogen-bond acceptors (Lipinski definition) is 5. The van der Waals surface area contributed by atoms with E-state index in [-0.39, 0.29) is 28.5 Å². The van der Waals surface area contributed by atoms with Crippen LogP contribution < -0.4 is 10.2 Å². The van der Waals surface area contributed by atoms with Crippen LogP contribution in [0.3, 0.4) is 0 Å². The number of amides is 4. The molecule has 176 valence electrons. The normalized spacial score (nSPS) is 17.0. The van der Waals surface area contributed by atoms with Gasteiger partial charge in [-0.05, 0) is 42.3 Å². The predicted molar refractivity (Wildman–Crippen MR) is 134 cm³/mol. The highest BCUT2D eigenvalue weighted by Gasteiger charge is 2.39. The first-order valence-electron chi connectivity index (χ1n) is 11.2. The molecular weight excluding hydrogens is 462 g/mol. The van der Waals surface area contributed by atoms with Crippen molar-refractivity contribution in [3.63, 3.8) is 0 Å². The van der Waals surface area contributed by atoms with E-state index < -0.39 is 17.9 Å². The van der Waals surface area contributed by atoms with Gasteiger partial charge in [0.05, 0.1) is 22.7 Å². The smallest absolute Gasteiger partial charge is 0.266 e. The summed E-state index contributed by atoms with van der Waals surface area (Å²) in [4.78, 5) is 55.0. The maximum Gasteiger partial charge on any atom is 0.266 e. The van der Waals surface area contributed by atoms with Gasteiger partial charge < -0.3 is 10.2 Å². The van der Waals surface area contributed by atoms with Crippen molar-refractivity contribution < 1.29 is 19.2 Å². The Hall–Kier alpha value is -3.91. The number of hydrogen-bond donors (Lipinski definition) is 1. The second-order valence-corrected chi connectivity index (χ2v) is 9.49. The van der Waals surface area contributed by atoms with Crippen molar-refractivity contribution in [3.8, 4) is 0 Å². The fraction of sp³-hybridized carbons (Fsp3) is 0.185. The summed E-state index contributed by atoms with van der Waals surface area (Å²) < 4.78 is 0. The first-order chi connectivity index (χ1) is 17.0. The largest absolute Gasteiger partial charge is 0.350 e. The molecule has 0 aromatic heterocycles. The Balaban J connectivity index is 1.35. The van der Waals surface area contributed by atoms with Crippen LogP contribution in [0.15, 0.2) is 72.8 Å². The van der Waals surface area contributed by atoms with Crippen molar-refractivity contribution in [1.29, 1.82) is 0 Å². The second kappa shape index (κ2) is 9.38. The molecule has 0 spiro atoms. The van der Waals surface area contributed by atoms with Crippen molar-refractivity contribution in [2.75, 3.05) is 16.5 Å². The standard InChI is InChI=1S/C27H23N3O4S/c1-17-7-5-6-10-22(17)30-26(33)20-12-11-19(13-21(20)27(30)34)25(32)29-16-35-15-23(29)24(31)28-14-18-8-3-2-4-9-18/h2-13,23H,14-16H2,1H3,(H,28,31)/t23-/m1/s1. The van der Waals surface area contributed by atoms with E-state index in [0.29, 0.717) is 23.9 Å². The molecule has 1 fully saturated rings. The van der Waals surface area contributed by atoms with Crippen LogP contribution in [0.1, 0.15) is 42.2 Å². The maximum absolute atomic E-state index is 13.4. The van der Waals surface area contributed by atoms with Gasteiger partial charge in [0.15, 0.2) is 0 Å². The number of nitrogens with one attached hydrogen (secondary N) is 1. The Bertz CT molecular complexity index is 1340. The summed E-state index contributed by atoms with van der Waals surface area (Å²) in [6, 6.07) is 20.7. The number of aryl methyl sites for hydroxylation is 1. The highest BCUT2D eigenvalue weighted by Crippen LogP contribution is 2.32. The molecular formula is C27H23N3O4S. The molecule has 2 aliphatic heterocycles. The van der Waals surface area contributed by atoms with E-state index in [4.69, 9.17) is 0 Å². The summed E-state index contributed by atoms with van der Waals surface area (Å²) in [7, 11) is 0. The van der Waals surface area contributed by atoms with E-state index >= 15 is 0 Å². The zero-order valence-corrected chi connectivity index (χ0v) is 19.9. The number of carbonyl (C=O) groups is 4. The molecule has 0 unspecified atom stereocenters. The van der Waals surface area contributed by atoms with Gasteiger partial charge in [-0.15, -0.1) is 11.8 Å². The fourth-order valence-corrected chi connectivity index (χ4v) is 5.49. The van der Waals surface area contributed by atoms with Crippen LogP contribution in [0, 0.1) is 6.92 Å². The topological polar surface area (TPSA) is 86.8 Å². The van der Waals surface area contributed by atoms with E-state index in [9.17, 15) is 19.2 Å². The van der Waals surface area contributed by atoms with E-state index in [1.807, 2.05) is 49.4 Å². The van der Waals surface area contributed by atoms with Crippen LogP contribution >= 0.6 is 11.8 Å². The van der Waals surface area contributed by atoms with Crippen LogP contribution in [0.4, 0.5) is 5.69 Å². The summed E-state index contributed by atoms with van der Waals surface area (Å²) in [5, 5.41) is 2.91. The molecule has 2 heterocycles. The lowest BCUT2D eigenvalue weighted by molar-refractivity contribution is -0.124. The van der Waals surface area contributed by atoms with Gasteiger partial charge in [-0.2, -0.15) is 0 Å². The number of imide groups is 1. The maximum atomic E-state index is 13.4. The fourth-order valence-electron chi connectivity index (χ4n) is 4.34. The lowest BCUT2D eigenvalue weighted by atomic mass is 10.0. The third-order valence-electron chi connectivity index (χ3n) is 6.25.